The van der Waals surface area contributed by atoms with Crippen LogP contribution in [-0.4, -0.2) is 34.0 Å². The van der Waals surface area contributed by atoms with E-state index in [1.54, 1.807) is 30.3 Å². The van der Waals surface area contributed by atoms with Gasteiger partial charge in [-0.05, 0) is 80.3 Å². The van der Waals surface area contributed by atoms with Gasteiger partial charge in [0.1, 0.15) is 18.9 Å². The molecule has 0 atom stereocenters. The molecule has 0 radical (unpaired) electrons. The SMILES string of the molecule is Cc1cc(C)cc(OCCNC(=O)CN(c2cccc(C)c2C)S(=O)(=O)c2ccccc2)c1. The summed E-state index contributed by atoms with van der Waals surface area (Å²) in [7, 11) is -3.93. The largest absolute Gasteiger partial charge is 0.492 e. The molecule has 6 nitrogen and oxygen atoms in total. The van der Waals surface area contributed by atoms with Crippen LogP contribution in [-0.2, 0) is 14.8 Å². The Morgan fingerprint density at radius 1 is 0.909 bits per heavy atom. The minimum Gasteiger partial charge on any atom is -0.492 e. The van der Waals surface area contributed by atoms with Crippen molar-refractivity contribution in [1.82, 2.24) is 5.32 Å². The Kier molecular flexibility index (Phi) is 7.76. The van der Waals surface area contributed by atoms with Gasteiger partial charge in [-0.25, -0.2) is 8.42 Å². The number of carbonyl (C=O) groups is 1. The molecule has 0 aliphatic carbocycles. The highest BCUT2D eigenvalue weighted by Gasteiger charge is 2.28. The van der Waals surface area contributed by atoms with Crippen molar-refractivity contribution in [3.63, 3.8) is 0 Å². The molecule has 174 valence electrons. The van der Waals surface area contributed by atoms with Crippen molar-refractivity contribution in [2.24, 2.45) is 0 Å². The Hall–Kier alpha value is -3.32. The van der Waals surface area contributed by atoms with Gasteiger partial charge >= 0.3 is 0 Å². The van der Waals surface area contributed by atoms with Crippen LogP contribution in [0.5, 0.6) is 5.75 Å². The molecule has 0 saturated heterocycles. The molecule has 0 heterocycles. The summed E-state index contributed by atoms with van der Waals surface area (Å²) in [6, 6.07) is 19.5. The Morgan fingerprint density at radius 3 is 2.24 bits per heavy atom. The minimum absolute atomic E-state index is 0.136. The lowest BCUT2D eigenvalue weighted by molar-refractivity contribution is -0.119. The molecule has 0 fully saturated rings. The van der Waals surface area contributed by atoms with Gasteiger partial charge in [-0.2, -0.15) is 0 Å². The van der Waals surface area contributed by atoms with Crippen LogP contribution in [0.2, 0.25) is 0 Å². The fraction of sp³-hybridized carbons (Fsp3) is 0.269. The van der Waals surface area contributed by atoms with Gasteiger partial charge in [0, 0.05) is 0 Å². The number of nitrogens with one attached hydrogen (secondary N) is 1. The van der Waals surface area contributed by atoms with Crippen LogP contribution in [0.4, 0.5) is 5.69 Å². The number of nitrogens with zero attached hydrogens (tertiary/aromatic N) is 1. The third-order valence-corrected chi connectivity index (χ3v) is 7.13. The second-order valence-corrected chi connectivity index (χ2v) is 9.93. The predicted molar refractivity (Wildman–Crippen MR) is 131 cm³/mol. The molecule has 0 saturated carbocycles. The standard InChI is InChI=1S/C26H30N2O4S/c1-19-15-20(2)17-23(16-19)32-14-13-27-26(29)18-28(25-12-8-9-21(3)22(25)4)33(30,31)24-10-6-5-7-11-24/h5-12,15-17H,13-14,18H2,1-4H3,(H,27,29). The fourth-order valence-electron chi connectivity index (χ4n) is 3.59. The van der Waals surface area contributed by atoms with Crippen molar-refractivity contribution in [2.45, 2.75) is 32.6 Å². The van der Waals surface area contributed by atoms with Gasteiger partial charge < -0.3 is 10.1 Å². The topological polar surface area (TPSA) is 75.7 Å². The van der Waals surface area contributed by atoms with E-state index in [2.05, 4.69) is 11.4 Å². The van der Waals surface area contributed by atoms with Crippen molar-refractivity contribution < 1.29 is 17.9 Å². The van der Waals surface area contributed by atoms with Crippen LogP contribution in [0.25, 0.3) is 0 Å². The summed E-state index contributed by atoms with van der Waals surface area (Å²) in [5.74, 6) is 0.338. The number of rotatable bonds is 9. The summed E-state index contributed by atoms with van der Waals surface area (Å²) >= 11 is 0. The van der Waals surface area contributed by atoms with E-state index >= 15 is 0 Å². The number of benzene rings is 3. The predicted octanol–water partition coefficient (Wildman–Crippen LogP) is 4.31. The number of carbonyl (C=O) groups excluding carboxylic acids is 1. The van der Waals surface area contributed by atoms with E-state index < -0.39 is 15.9 Å². The molecule has 1 N–H and O–H groups in total. The van der Waals surface area contributed by atoms with E-state index in [0.29, 0.717) is 5.69 Å². The third-order valence-electron chi connectivity index (χ3n) is 5.35. The molecular weight excluding hydrogens is 436 g/mol. The number of anilines is 1. The first-order valence-corrected chi connectivity index (χ1v) is 12.2. The fourth-order valence-corrected chi connectivity index (χ4v) is 5.09. The van der Waals surface area contributed by atoms with E-state index in [-0.39, 0.29) is 24.6 Å². The zero-order valence-electron chi connectivity index (χ0n) is 19.5. The van der Waals surface area contributed by atoms with Gasteiger partial charge in [0.25, 0.3) is 10.0 Å². The Morgan fingerprint density at radius 2 is 1.58 bits per heavy atom. The van der Waals surface area contributed by atoms with Crippen LogP contribution in [0.15, 0.2) is 71.6 Å². The minimum atomic E-state index is -3.93. The first-order valence-electron chi connectivity index (χ1n) is 10.8. The van der Waals surface area contributed by atoms with Crippen molar-refractivity contribution in [1.29, 1.82) is 0 Å². The molecule has 1 amide bonds. The van der Waals surface area contributed by atoms with Crippen LogP contribution >= 0.6 is 0 Å². The van der Waals surface area contributed by atoms with Crippen molar-refractivity contribution in [3.05, 3.63) is 89.0 Å². The van der Waals surface area contributed by atoms with Gasteiger partial charge in [-0.3, -0.25) is 9.10 Å². The molecule has 33 heavy (non-hydrogen) atoms. The summed E-state index contributed by atoms with van der Waals surface area (Å²) < 4.78 is 33.8. The summed E-state index contributed by atoms with van der Waals surface area (Å²) in [5.41, 5.74) is 4.44. The number of amides is 1. The van der Waals surface area contributed by atoms with E-state index in [4.69, 9.17) is 4.74 Å². The van der Waals surface area contributed by atoms with Crippen molar-refractivity contribution >= 4 is 21.6 Å². The number of sulfonamides is 1. The number of ether oxygens (including phenoxy) is 1. The third kappa shape index (κ3) is 6.14. The van der Waals surface area contributed by atoms with Gasteiger partial charge in [0.05, 0.1) is 17.1 Å². The number of hydrogen-bond acceptors (Lipinski definition) is 4. The molecular formula is C26H30N2O4S. The summed E-state index contributed by atoms with van der Waals surface area (Å²) in [6.07, 6.45) is 0. The lowest BCUT2D eigenvalue weighted by Crippen LogP contribution is -2.42. The zero-order valence-corrected chi connectivity index (χ0v) is 20.3. The second kappa shape index (κ2) is 10.5. The maximum atomic E-state index is 13.4. The number of hydrogen-bond donors (Lipinski definition) is 1. The average Bonchev–Trinajstić information content (AvgIpc) is 2.77. The Balaban J connectivity index is 1.73. The first-order chi connectivity index (χ1) is 15.7. The monoisotopic (exact) mass is 466 g/mol. The maximum Gasteiger partial charge on any atom is 0.264 e. The molecule has 0 aliphatic rings. The van der Waals surface area contributed by atoms with Crippen LogP contribution in [0.3, 0.4) is 0 Å². The quantitative estimate of drug-likeness (QED) is 0.477. The van der Waals surface area contributed by atoms with Gasteiger partial charge in [-0.15, -0.1) is 0 Å². The molecule has 0 unspecified atom stereocenters. The Labute approximate surface area is 196 Å². The van der Waals surface area contributed by atoms with Crippen molar-refractivity contribution in [2.75, 3.05) is 24.0 Å². The molecule has 3 rings (SSSR count). The highest BCUT2D eigenvalue weighted by Crippen LogP contribution is 2.28. The zero-order chi connectivity index (χ0) is 24.0. The lowest BCUT2D eigenvalue weighted by atomic mass is 10.1. The second-order valence-electron chi connectivity index (χ2n) is 8.07. The highest BCUT2D eigenvalue weighted by atomic mass is 32.2. The molecule has 0 aromatic heterocycles. The lowest BCUT2D eigenvalue weighted by Gasteiger charge is -2.26. The van der Waals surface area contributed by atoms with Crippen LogP contribution < -0.4 is 14.4 Å². The summed E-state index contributed by atoms with van der Waals surface area (Å²) in [5, 5.41) is 2.77. The summed E-state index contributed by atoms with van der Waals surface area (Å²) in [6.45, 7) is 7.98. The van der Waals surface area contributed by atoms with E-state index in [1.165, 1.54) is 16.4 Å². The van der Waals surface area contributed by atoms with E-state index in [1.807, 2.05) is 45.9 Å². The Bertz CT molecular complexity index is 1200. The van der Waals surface area contributed by atoms with Gasteiger partial charge in [-0.1, -0.05) is 36.4 Å². The van der Waals surface area contributed by atoms with Gasteiger partial charge in [0.15, 0.2) is 0 Å². The molecule has 3 aromatic carbocycles. The molecule has 3 aromatic rings. The molecule has 0 aliphatic heterocycles. The summed E-state index contributed by atoms with van der Waals surface area (Å²) in [4.78, 5) is 12.9. The van der Waals surface area contributed by atoms with Crippen molar-refractivity contribution in [3.8, 4) is 5.75 Å². The van der Waals surface area contributed by atoms with Crippen LogP contribution in [0.1, 0.15) is 22.3 Å². The van der Waals surface area contributed by atoms with Crippen LogP contribution in [0, 0.1) is 27.7 Å². The first kappa shape index (κ1) is 24.3. The smallest absolute Gasteiger partial charge is 0.264 e. The number of aryl methyl sites for hydroxylation is 3. The average molecular weight is 467 g/mol. The van der Waals surface area contributed by atoms with E-state index in [9.17, 15) is 13.2 Å². The van der Waals surface area contributed by atoms with E-state index in [0.717, 1.165) is 28.0 Å². The molecule has 0 bridgehead atoms. The highest BCUT2D eigenvalue weighted by molar-refractivity contribution is 7.92. The maximum absolute atomic E-state index is 13.4. The normalized spacial score (nSPS) is 11.2. The molecule has 7 heteroatoms. The van der Waals surface area contributed by atoms with Gasteiger partial charge in [0.2, 0.25) is 5.91 Å². The molecule has 0 spiro atoms.